The molecular formula is C15H29N5O7S. The summed E-state index contributed by atoms with van der Waals surface area (Å²) in [5, 5.41) is 34.0. The van der Waals surface area contributed by atoms with Crippen molar-refractivity contribution in [3.63, 3.8) is 0 Å². The van der Waals surface area contributed by atoms with Crippen molar-refractivity contribution in [2.75, 3.05) is 25.5 Å². The molecule has 0 fully saturated rings. The Labute approximate surface area is 167 Å². The zero-order valence-corrected chi connectivity index (χ0v) is 16.2. The average Bonchev–Trinajstić information content (AvgIpc) is 2.67. The number of carbonyl (C=O) groups excluding carboxylic acids is 3. The summed E-state index contributed by atoms with van der Waals surface area (Å²) in [6, 6.07) is -5.05. The third-order valence-electron chi connectivity index (χ3n) is 3.73. The van der Waals surface area contributed by atoms with Gasteiger partial charge in [-0.3, -0.25) is 14.4 Å². The van der Waals surface area contributed by atoms with Gasteiger partial charge in [-0.15, -0.1) is 0 Å². The van der Waals surface area contributed by atoms with Crippen molar-refractivity contribution in [3.05, 3.63) is 0 Å². The van der Waals surface area contributed by atoms with Crippen LogP contribution in [0, 0.1) is 0 Å². The number of nitrogens with two attached hydrogens (primary N) is 2. The van der Waals surface area contributed by atoms with Crippen molar-refractivity contribution < 1.29 is 34.5 Å². The Bertz CT molecular complexity index is 537. The Morgan fingerprint density at radius 3 is 1.82 bits per heavy atom. The Morgan fingerprint density at radius 2 is 1.36 bits per heavy atom. The molecule has 0 aliphatic heterocycles. The molecule has 162 valence electrons. The van der Waals surface area contributed by atoms with Crippen LogP contribution in [0.25, 0.3) is 0 Å². The lowest BCUT2D eigenvalue weighted by atomic mass is 10.1. The van der Waals surface area contributed by atoms with E-state index in [1.54, 1.807) is 0 Å². The molecule has 0 heterocycles. The van der Waals surface area contributed by atoms with Crippen LogP contribution in [0.4, 0.5) is 0 Å². The number of carboxylic acids is 1. The second kappa shape index (κ2) is 14.1. The van der Waals surface area contributed by atoms with Crippen molar-refractivity contribution in [2.24, 2.45) is 11.5 Å². The van der Waals surface area contributed by atoms with Gasteiger partial charge in [0.05, 0.1) is 19.3 Å². The highest BCUT2D eigenvalue weighted by atomic mass is 32.1. The van der Waals surface area contributed by atoms with Crippen molar-refractivity contribution in [2.45, 2.75) is 43.4 Å². The van der Waals surface area contributed by atoms with E-state index in [9.17, 15) is 24.3 Å². The van der Waals surface area contributed by atoms with Gasteiger partial charge in [0.2, 0.25) is 17.7 Å². The Kier molecular flexibility index (Phi) is 13.1. The van der Waals surface area contributed by atoms with Gasteiger partial charge in [-0.05, 0) is 25.8 Å². The molecular weight excluding hydrogens is 394 g/mol. The predicted octanol–water partition coefficient (Wildman–Crippen LogP) is -4.10. The lowest BCUT2D eigenvalue weighted by Gasteiger charge is -2.24. The van der Waals surface area contributed by atoms with Crippen LogP contribution in [-0.4, -0.2) is 88.7 Å². The number of hydrogen-bond acceptors (Lipinski definition) is 9. The molecule has 4 atom stereocenters. The number of hydrogen-bond donors (Lipinski definition) is 9. The molecule has 0 aliphatic carbocycles. The number of aliphatic hydroxyl groups is 2. The van der Waals surface area contributed by atoms with Gasteiger partial charge in [0, 0.05) is 5.75 Å². The monoisotopic (exact) mass is 423 g/mol. The quantitative estimate of drug-likeness (QED) is 0.0978. The van der Waals surface area contributed by atoms with E-state index in [2.05, 4.69) is 28.6 Å². The van der Waals surface area contributed by atoms with Crippen LogP contribution in [-0.2, 0) is 19.2 Å². The minimum absolute atomic E-state index is 0.0213. The number of carbonyl (C=O) groups is 4. The van der Waals surface area contributed by atoms with Crippen LogP contribution in [0.1, 0.15) is 19.3 Å². The Morgan fingerprint density at radius 1 is 0.857 bits per heavy atom. The fraction of sp³-hybridized carbons (Fsp3) is 0.733. The summed E-state index contributed by atoms with van der Waals surface area (Å²) in [6.45, 7) is -1.22. The molecule has 0 saturated heterocycles. The van der Waals surface area contributed by atoms with Crippen molar-refractivity contribution >= 4 is 36.3 Å². The molecule has 0 aliphatic rings. The zero-order chi connectivity index (χ0) is 21.7. The van der Waals surface area contributed by atoms with Gasteiger partial charge in [-0.2, -0.15) is 12.6 Å². The van der Waals surface area contributed by atoms with Crippen LogP contribution >= 0.6 is 12.6 Å². The van der Waals surface area contributed by atoms with E-state index in [4.69, 9.17) is 21.7 Å². The smallest absolute Gasteiger partial charge is 0.328 e. The molecule has 0 radical (unpaired) electrons. The highest BCUT2D eigenvalue weighted by Gasteiger charge is 2.29. The lowest BCUT2D eigenvalue weighted by molar-refractivity contribution is -0.143. The van der Waals surface area contributed by atoms with Crippen LogP contribution in [0.5, 0.6) is 0 Å². The first-order valence-corrected chi connectivity index (χ1v) is 9.27. The molecule has 0 rings (SSSR count). The van der Waals surface area contributed by atoms with Gasteiger partial charge < -0.3 is 42.7 Å². The number of aliphatic carboxylic acids is 1. The van der Waals surface area contributed by atoms with Gasteiger partial charge in [0.15, 0.2) is 0 Å². The van der Waals surface area contributed by atoms with E-state index in [1.165, 1.54) is 0 Å². The number of nitrogens with one attached hydrogen (secondary N) is 3. The molecule has 0 bridgehead atoms. The second-order valence-corrected chi connectivity index (χ2v) is 6.33. The summed E-state index contributed by atoms with van der Waals surface area (Å²) in [7, 11) is 0. The molecule has 0 spiro atoms. The standard InChI is InChI=1S/C15H29N5O7S/c16-4-2-1-3-9(13(24)20-11(6-22)15(26)27)18-14(25)10(5-21)19-12(23)8(17)7-28/h8-11,21-22,28H,1-7,16-17H2,(H,18,25)(H,19,23)(H,20,24)(H,26,27). The number of thiol groups is 1. The molecule has 0 aromatic heterocycles. The van der Waals surface area contributed by atoms with Crippen molar-refractivity contribution in [3.8, 4) is 0 Å². The molecule has 0 aromatic rings. The van der Waals surface area contributed by atoms with Crippen LogP contribution in [0.3, 0.4) is 0 Å². The van der Waals surface area contributed by atoms with Gasteiger partial charge >= 0.3 is 5.97 Å². The van der Waals surface area contributed by atoms with E-state index in [1.807, 2.05) is 0 Å². The first-order chi connectivity index (χ1) is 13.2. The number of aliphatic hydroxyl groups excluding tert-OH is 2. The Balaban J connectivity index is 5.12. The molecule has 0 aromatic carbocycles. The molecule has 4 unspecified atom stereocenters. The number of unbranched alkanes of at least 4 members (excludes halogenated alkanes) is 1. The van der Waals surface area contributed by atoms with E-state index in [0.29, 0.717) is 19.4 Å². The predicted molar refractivity (Wildman–Crippen MR) is 102 cm³/mol. The first kappa shape index (κ1) is 26.1. The maximum Gasteiger partial charge on any atom is 0.328 e. The molecule has 28 heavy (non-hydrogen) atoms. The molecule has 3 amide bonds. The van der Waals surface area contributed by atoms with Crippen molar-refractivity contribution in [1.82, 2.24) is 16.0 Å². The summed E-state index contributed by atoms with van der Waals surface area (Å²) in [6.07, 6.45) is 1.14. The number of amides is 3. The molecule has 0 saturated carbocycles. The molecule has 12 nitrogen and oxygen atoms in total. The minimum Gasteiger partial charge on any atom is -0.480 e. The van der Waals surface area contributed by atoms with Crippen molar-refractivity contribution in [1.29, 1.82) is 0 Å². The van der Waals surface area contributed by atoms with Crippen LogP contribution in [0.15, 0.2) is 0 Å². The average molecular weight is 423 g/mol. The second-order valence-electron chi connectivity index (χ2n) is 5.96. The summed E-state index contributed by atoms with van der Waals surface area (Å²) >= 11 is 3.87. The molecule has 13 heteroatoms. The fourth-order valence-electron chi connectivity index (χ4n) is 2.05. The number of carboxylic acid groups (broad SMARTS) is 1. The van der Waals surface area contributed by atoms with Gasteiger partial charge in [0.25, 0.3) is 0 Å². The normalized spacial score (nSPS) is 15.0. The third-order valence-corrected chi connectivity index (χ3v) is 4.12. The van der Waals surface area contributed by atoms with Crippen LogP contribution < -0.4 is 27.4 Å². The fourth-order valence-corrected chi connectivity index (χ4v) is 2.21. The van der Waals surface area contributed by atoms with Gasteiger partial charge in [-0.25, -0.2) is 4.79 Å². The largest absolute Gasteiger partial charge is 0.480 e. The zero-order valence-electron chi connectivity index (χ0n) is 15.3. The minimum atomic E-state index is -1.54. The lowest BCUT2D eigenvalue weighted by Crippen LogP contribution is -2.58. The first-order valence-electron chi connectivity index (χ1n) is 8.63. The Hall–Kier alpha value is -1.93. The summed E-state index contributed by atoms with van der Waals surface area (Å²) in [5.41, 5.74) is 10.9. The highest BCUT2D eigenvalue weighted by molar-refractivity contribution is 7.80. The summed E-state index contributed by atoms with van der Waals surface area (Å²) in [5.74, 6) is -3.82. The summed E-state index contributed by atoms with van der Waals surface area (Å²) < 4.78 is 0. The molecule has 10 N–H and O–H groups in total. The number of rotatable bonds is 14. The SMILES string of the molecule is NCCCCC(NC(=O)C(CO)NC(=O)C(N)CS)C(=O)NC(CO)C(=O)O. The van der Waals surface area contributed by atoms with E-state index >= 15 is 0 Å². The summed E-state index contributed by atoms with van der Waals surface area (Å²) in [4.78, 5) is 47.4. The third kappa shape index (κ3) is 9.32. The topological polar surface area (TPSA) is 217 Å². The van der Waals surface area contributed by atoms with E-state index in [-0.39, 0.29) is 12.2 Å². The maximum atomic E-state index is 12.3. The van der Waals surface area contributed by atoms with E-state index < -0.39 is 61.1 Å². The maximum absolute atomic E-state index is 12.3. The van der Waals surface area contributed by atoms with E-state index in [0.717, 1.165) is 0 Å². The van der Waals surface area contributed by atoms with Gasteiger partial charge in [-0.1, -0.05) is 0 Å². The highest BCUT2D eigenvalue weighted by Crippen LogP contribution is 2.03. The van der Waals surface area contributed by atoms with Gasteiger partial charge in [0.1, 0.15) is 18.1 Å². The van der Waals surface area contributed by atoms with Crippen LogP contribution in [0.2, 0.25) is 0 Å².